The third-order valence-electron chi connectivity index (χ3n) is 1.84. The summed E-state index contributed by atoms with van der Waals surface area (Å²) in [7, 11) is -0.436. The first kappa shape index (κ1) is 8.26. The number of thiol groups is 1. The zero-order chi connectivity index (χ0) is 9.10. The van der Waals surface area contributed by atoms with Gasteiger partial charge in [-0.2, -0.15) is 10.9 Å². The van der Waals surface area contributed by atoms with Crippen molar-refractivity contribution in [1.29, 1.82) is 0 Å². The molecule has 0 bridgehead atoms. The fourth-order valence-electron chi connectivity index (χ4n) is 1.21. The minimum Gasteiger partial charge on any atom is -0.394 e. The molecule has 68 valence electrons. The minimum atomic E-state index is -0.436. The molecule has 2 aliphatic rings. The first-order valence-electron chi connectivity index (χ1n) is 4.11. The van der Waals surface area contributed by atoms with Gasteiger partial charge in [0.05, 0.1) is 10.1 Å². The van der Waals surface area contributed by atoms with Gasteiger partial charge in [-0.1, -0.05) is 18.2 Å². The summed E-state index contributed by atoms with van der Waals surface area (Å²) in [6.07, 6.45) is 14.0. The van der Waals surface area contributed by atoms with Crippen molar-refractivity contribution in [3.63, 3.8) is 0 Å². The maximum absolute atomic E-state index is 5.86. The molecule has 1 unspecified atom stereocenters. The number of allylic oxidation sites excluding steroid dienone is 6. The topological polar surface area (TPSA) is 38.0 Å². The van der Waals surface area contributed by atoms with Crippen LogP contribution in [0.4, 0.5) is 0 Å². The third kappa shape index (κ3) is 1.70. The molecule has 0 saturated carbocycles. The van der Waals surface area contributed by atoms with E-state index >= 15 is 0 Å². The lowest BCUT2D eigenvalue weighted by molar-refractivity contribution is 1.17. The molecule has 0 aliphatic carbocycles. The molecule has 1 atom stereocenters. The van der Waals surface area contributed by atoms with Crippen LogP contribution in [0.5, 0.6) is 0 Å². The first-order valence-corrected chi connectivity index (χ1v) is 5.52. The molecule has 0 saturated heterocycles. The predicted molar refractivity (Wildman–Crippen MR) is 59.9 cm³/mol. The van der Waals surface area contributed by atoms with Crippen molar-refractivity contribution in [3.8, 4) is 0 Å². The molecule has 0 radical (unpaired) electrons. The lowest BCUT2D eigenvalue weighted by atomic mass is 10.5. The zero-order valence-corrected chi connectivity index (χ0v) is 8.04. The summed E-state index contributed by atoms with van der Waals surface area (Å²) in [5.41, 5.74) is 5.86. The quantitative estimate of drug-likeness (QED) is 0.554. The van der Waals surface area contributed by atoms with Crippen molar-refractivity contribution in [3.05, 3.63) is 58.1 Å². The van der Waals surface area contributed by atoms with Crippen LogP contribution in [0.1, 0.15) is 0 Å². The Bertz CT molecular complexity index is 348. The van der Waals surface area contributed by atoms with Gasteiger partial charge < -0.3 is 11.1 Å². The van der Waals surface area contributed by atoms with Gasteiger partial charge in [0, 0.05) is 6.20 Å². The van der Waals surface area contributed by atoms with Crippen molar-refractivity contribution in [2.45, 2.75) is 0 Å². The van der Waals surface area contributed by atoms with Crippen LogP contribution in [-0.4, -0.2) is 0 Å². The molecule has 0 aromatic rings. The molecule has 0 amide bonds. The van der Waals surface area contributed by atoms with Crippen LogP contribution < -0.4 is 11.1 Å². The maximum Gasteiger partial charge on any atom is 0.0610 e. The molecule has 0 fully saturated rings. The Morgan fingerprint density at radius 3 is 2.77 bits per heavy atom. The minimum absolute atomic E-state index is 0.436. The summed E-state index contributed by atoms with van der Waals surface area (Å²) in [5, 5.41) is 7.52. The average Bonchev–Trinajstić information content (AvgIpc) is 2.43. The van der Waals surface area contributed by atoms with Crippen molar-refractivity contribution >= 4 is 10.9 Å². The molecule has 2 aliphatic heterocycles. The number of nitrogens with one attached hydrogen (secondary N) is 1. The SMILES string of the molecule is NC1=CC=C[SH]1C1=CC=CC=CN1. The van der Waals surface area contributed by atoms with E-state index in [1.807, 2.05) is 36.6 Å². The molecular weight excluding hydrogens is 180 g/mol. The number of nitrogens with two attached hydrogens (primary N) is 1. The highest BCUT2D eigenvalue weighted by Crippen LogP contribution is 2.43. The Kier molecular flexibility index (Phi) is 2.27. The Morgan fingerprint density at radius 1 is 1.08 bits per heavy atom. The van der Waals surface area contributed by atoms with E-state index in [9.17, 15) is 0 Å². The monoisotopic (exact) mass is 192 g/mol. The van der Waals surface area contributed by atoms with E-state index in [1.54, 1.807) is 0 Å². The van der Waals surface area contributed by atoms with Gasteiger partial charge in [0.1, 0.15) is 0 Å². The van der Waals surface area contributed by atoms with E-state index in [1.165, 1.54) is 5.03 Å². The van der Waals surface area contributed by atoms with Crippen LogP contribution in [0.2, 0.25) is 0 Å². The average molecular weight is 192 g/mol. The highest BCUT2D eigenvalue weighted by atomic mass is 32.2. The summed E-state index contributed by atoms with van der Waals surface area (Å²) < 4.78 is 0. The van der Waals surface area contributed by atoms with E-state index in [-0.39, 0.29) is 0 Å². The second-order valence-electron chi connectivity index (χ2n) is 2.74. The largest absolute Gasteiger partial charge is 0.394 e. The van der Waals surface area contributed by atoms with Gasteiger partial charge in [0.2, 0.25) is 0 Å². The van der Waals surface area contributed by atoms with Gasteiger partial charge >= 0.3 is 0 Å². The van der Waals surface area contributed by atoms with Gasteiger partial charge in [-0.15, -0.1) is 0 Å². The molecule has 3 N–H and O–H groups in total. The van der Waals surface area contributed by atoms with E-state index in [4.69, 9.17) is 5.73 Å². The van der Waals surface area contributed by atoms with Gasteiger partial charge in [0.15, 0.2) is 0 Å². The van der Waals surface area contributed by atoms with Crippen LogP contribution >= 0.6 is 10.9 Å². The molecule has 2 heterocycles. The summed E-state index contributed by atoms with van der Waals surface area (Å²) in [5.74, 6) is 0. The number of hydrogen-bond acceptors (Lipinski definition) is 2. The van der Waals surface area contributed by atoms with E-state index < -0.39 is 10.9 Å². The molecule has 2 rings (SSSR count). The van der Waals surface area contributed by atoms with Crippen LogP contribution in [0.25, 0.3) is 0 Å². The van der Waals surface area contributed by atoms with Crippen molar-refractivity contribution in [2.75, 3.05) is 0 Å². The lowest BCUT2D eigenvalue weighted by Crippen LogP contribution is -2.06. The van der Waals surface area contributed by atoms with E-state index in [0.29, 0.717) is 0 Å². The number of hydrogen-bond donors (Lipinski definition) is 3. The standard InChI is InChI=1S/C10H12N2S/c11-9-5-4-8-13(9)10-6-2-1-3-7-12-10/h1-8,12-13H,11H2. The Hall–Kier alpha value is -1.35. The van der Waals surface area contributed by atoms with Gasteiger partial charge in [-0.3, -0.25) is 0 Å². The number of rotatable bonds is 1. The van der Waals surface area contributed by atoms with Crippen LogP contribution in [0.15, 0.2) is 58.1 Å². The van der Waals surface area contributed by atoms with Crippen LogP contribution in [0, 0.1) is 0 Å². The lowest BCUT2D eigenvalue weighted by Gasteiger charge is -2.17. The van der Waals surface area contributed by atoms with Crippen molar-refractivity contribution in [1.82, 2.24) is 5.32 Å². The molecule has 2 nitrogen and oxygen atoms in total. The van der Waals surface area contributed by atoms with Crippen molar-refractivity contribution < 1.29 is 0 Å². The summed E-state index contributed by atoms with van der Waals surface area (Å²) in [6.45, 7) is 0. The van der Waals surface area contributed by atoms with E-state index in [0.717, 1.165) is 5.03 Å². The van der Waals surface area contributed by atoms with Gasteiger partial charge in [0.25, 0.3) is 0 Å². The highest BCUT2D eigenvalue weighted by molar-refractivity contribution is 8.26. The molecule has 0 spiro atoms. The molecule has 3 heteroatoms. The fraction of sp³-hybridized carbons (Fsp3) is 0. The molecule has 0 aromatic carbocycles. The molecular formula is C10H12N2S. The predicted octanol–water partition coefficient (Wildman–Crippen LogP) is 1.83. The summed E-state index contributed by atoms with van der Waals surface area (Å²) in [4.78, 5) is 0. The van der Waals surface area contributed by atoms with Gasteiger partial charge in [-0.05, 0) is 23.6 Å². The summed E-state index contributed by atoms with van der Waals surface area (Å²) >= 11 is 0. The second-order valence-corrected chi connectivity index (χ2v) is 4.78. The Morgan fingerprint density at radius 2 is 2.00 bits per heavy atom. The van der Waals surface area contributed by atoms with Crippen LogP contribution in [0.3, 0.4) is 0 Å². The zero-order valence-electron chi connectivity index (χ0n) is 7.14. The first-order chi connectivity index (χ1) is 6.38. The molecule has 0 aromatic heterocycles. The normalized spacial score (nSPS) is 27.8. The highest BCUT2D eigenvalue weighted by Gasteiger charge is 2.11. The molecule has 13 heavy (non-hydrogen) atoms. The third-order valence-corrected chi connectivity index (χ3v) is 3.82. The Balaban J connectivity index is 2.21. The van der Waals surface area contributed by atoms with Crippen LogP contribution in [-0.2, 0) is 0 Å². The fourth-order valence-corrected chi connectivity index (χ4v) is 2.79. The maximum atomic E-state index is 5.86. The van der Waals surface area contributed by atoms with Crippen molar-refractivity contribution in [2.24, 2.45) is 5.73 Å². The van der Waals surface area contributed by atoms with E-state index in [2.05, 4.69) is 16.8 Å². The smallest absolute Gasteiger partial charge is 0.0610 e. The second kappa shape index (κ2) is 3.58. The summed E-state index contributed by atoms with van der Waals surface area (Å²) in [6, 6.07) is 0. The Labute approximate surface area is 80.5 Å². The van der Waals surface area contributed by atoms with Gasteiger partial charge in [-0.25, -0.2) is 0 Å².